The molecule has 1 heterocycles. The molecular formula is C17H27ClN2O. The molecule has 4 heteroatoms. The molecule has 0 radical (unpaired) electrons. The van der Waals surface area contributed by atoms with Crippen molar-refractivity contribution < 1.29 is 4.74 Å². The van der Waals surface area contributed by atoms with Crippen LogP contribution in [0.5, 0.6) is 5.75 Å². The molecule has 1 atom stereocenters. The number of methoxy groups -OCH3 is 1. The van der Waals surface area contributed by atoms with Gasteiger partial charge in [-0.15, -0.1) is 0 Å². The molecule has 0 saturated carbocycles. The molecule has 1 unspecified atom stereocenters. The van der Waals surface area contributed by atoms with Crippen molar-refractivity contribution >= 4 is 11.6 Å². The van der Waals surface area contributed by atoms with Crippen molar-refractivity contribution in [2.24, 2.45) is 11.7 Å². The molecule has 0 aromatic heterocycles. The summed E-state index contributed by atoms with van der Waals surface area (Å²) in [6.45, 7) is 5.03. The van der Waals surface area contributed by atoms with Gasteiger partial charge in [0.2, 0.25) is 0 Å². The molecule has 118 valence electrons. The second-order valence-electron chi connectivity index (χ2n) is 5.88. The first-order valence-corrected chi connectivity index (χ1v) is 8.35. The van der Waals surface area contributed by atoms with Crippen molar-refractivity contribution in [1.29, 1.82) is 0 Å². The molecule has 1 aromatic carbocycles. The molecule has 1 saturated heterocycles. The van der Waals surface area contributed by atoms with Gasteiger partial charge in [-0.1, -0.05) is 37.4 Å². The second-order valence-corrected chi connectivity index (χ2v) is 6.28. The summed E-state index contributed by atoms with van der Waals surface area (Å²) < 4.78 is 5.49. The van der Waals surface area contributed by atoms with Crippen LogP contribution in [0.1, 0.15) is 44.2 Å². The zero-order chi connectivity index (χ0) is 15.2. The lowest BCUT2D eigenvalue weighted by Gasteiger charge is -2.38. The van der Waals surface area contributed by atoms with Crippen LogP contribution < -0.4 is 10.5 Å². The Bertz CT molecular complexity index is 444. The highest BCUT2D eigenvalue weighted by Gasteiger charge is 2.28. The van der Waals surface area contributed by atoms with E-state index in [1.165, 1.54) is 25.7 Å². The van der Waals surface area contributed by atoms with Crippen LogP contribution in [-0.2, 0) is 0 Å². The zero-order valence-electron chi connectivity index (χ0n) is 13.1. The van der Waals surface area contributed by atoms with Crippen molar-refractivity contribution in [1.82, 2.24) is 4.90 Å². The molecule has 2 N–H and O–H groups in total. The van der Waals surface area contributed by atoms with Gasteiger partial charge in [0.15, 0.2) is 0 Å². The molecule has 0 spiro atoms. The first-order chi connectivity index (χ1) is 10.2. The van der Waals surface area contributed by atoms with Gasteiger partial charge in [0.05, 0.1) is 13.2 Å². The number of likely N-dealkylation sites (tertiary alicyclic amines) is 1. The predicted octanol–water partition coefficient (Wildman–Crippen LogP) is 3.86. The minimum atomic E-state index is 0.149. The Kier molecular flexibility index (Phi) is 6.34. The number of piperidine rings is 1. The SMILES string of the molecule is CCCC1CCN(C(CN)c2c(Cl)cccc2OC)CC1. The fraction of sp³-hybridized carbons (Fsp3) is 0.647. The van der Waals surface area contributed by atoms with Crippen molar-refractivity contribution in [3.8, 4) is 5.75 Å². The quantitative estimate of drug-likeness (QED) is 0.867. The molecule has 3 nitrogen and oxygen atoms in total. The van der Waals surface area contributed by atoms with Gasteiger partial charge in [0.1, 0.15) is 5.75 Å². The molecule has 0 amide bonds. The summed E-state index contributed by atoms with van der Waals surface area (Å²) in [5, 5.41) is 0.750. The molecule has 1 aliphatic heterocycles. The Hall–Kier alpha value is -0.770. The third-order valence-corrected chi connectivity index (χ3v) is 4.91. The Morgan fingerprint density at radius 1 is 1.38 bits per heavy atom. The van der Waals surface area contributed by atoms with Crippen LogP contribution in [0.2, 0.25) is 5.02 Å². The van der Waals surface area contributed by atoms with Gasteiger partial charge in [-0.05, 0) is 44.0 Å². The summed E-state index contributed by atoms with van der Waals surface area (Å²) >= 11 is 6.42. The molecule has 1 fully saturated rings. The molecule has 21 heavy (non-hydrogen) atoms. The van der Waals surface area contributed by atoms with Gasteiger partial charge in [0.25, 0.3) is 0 Å². The van der Waals surface area contributed by atoms with Crippen LogP contribution in [0.4, 0.5) is 0 Å². The van der Waals surface area contributed by atoms with E-state index in [2.05, 4.69) is 11.8 Å². The van der Waals surface area contributed by atoms with Crippen LogP contribution in [0, 0.1) is 5.92 Å². The third-order valence-electron chi connectivity index (χ3n) is 4.58. The monoisotopic (exact) mass is 310 g/mol. The fourth-order valence-electron chi connectivity index (χ4n) is 3.43. The highest BCUT2D eigenvalue weighted by atomic mass is 35.5. The molecule has 2 rings (SSSR count). The van der Waals surface area contributed by atoms with E-state index in [4.69, 9.17) is 22.1 Å². The van der Waals surface area contributed by atoms with Crippen molar-refractivity contribution in [3.63, 3.8) is 0 Å². The predicted molar refractivity (Wildman–Crippen MR) is 89.0 cm³/mol. The van der Waals surface area contributed by atoms with E-state index in [0.29, 0.717) is 6.54 Å². The number of rotatable bonds is 6. The van der Waals surface area contributed by atoms with E-state index in [9.17, 15) is 0 Å². The van der Waals surface area contributed by atoms with Gasteiger partial charge in [-0.25, -0.2) is 0 Å². The Balaban J connectivity index is 2.14. The van der Waals surface area contributed by atoms with Crippen molar-refractivity contribution in [3.05, 3.63) is 28.8 Å². The number of hydrogen-bond donors (Lipinski definition) is 1. The minimum Gasteiger partial charge on any atom is -0.496 e. The Morgan fingerprint density at radius 2 is 2.10 bits per heavy atom. The molecule has 1 aromatic rings. The van der Waals surface area contributed by atoms with E-state index >= 15 is 0 Å². The van der Waals surface area contributed by atoms with Crippen LogP contribution >= 0.6 is 11.6 Å². The average Bonchev–Trinajstić information content (AvgIpc) is 2.51. The Labute approximate surface area is 133 Å². The van der Waals surface area contributed by atoms with Gasteiger partial charge >= 0.3 is 0 Å². The van der Waals surface area contributed by atoms with Crippen LogP contribution in [-0.4, -0.2) is 31.6 Å². The number of benzene rings is 1. The van der Waals surface area contributed by atoms with Gasteiger partial charge < -0.3 is 10.5 Å². The lowest BCUT2D eigenvalue weighted by molar-refractivity contribution is 0.130. The summed E-state index contributed by atoms with van der Waals surface area (Å²) in [4.78, 5) is 2.47. The van der Waals surface area contributed by atoms with E-state index in [0.717, 1.165) is 35.3 Å². The van der Waals surface area contributed by atoms with E-state index in [-0.39, 0.29) is 6.04 Å². The standard InChI is InChI=1S/C17H27ClN2O/c1-3-5-13-8-10-20(11-9-13)15(12-19)17-14(18)6-4-7-16(17)21-2/h4,6-7,13,15H,3,5,8-12,19H2,1-2H3. The number of halogens is 1. The van der Waals surface area contributed by atoms with Crippen LogP contribution in [0.25, 0.3) is 0 Å². The van der Waals surface area contributed by atoms with Crippen molar-refractivity contribution in [2.45, 2.75) is 38.6 Å². The number of hydrogen-bond acceptors (Lipinski definition) is 3. The number of nitrogens with zero attached hydrogens (tertiary/aromatic N) is 1. The van der Waals surface area contributed by atoms with Crippen molar-refractivity contribution in [2.75, 3.05) is 26.7 Å². The maximum atomic E-state index is 6.42. The third kappa shape index (κ3) is 3.91. The zero-order valence-corrected chi connectivity index (χ0v) is 13.9. The molecule has 1 aliphatic rings. The summed E-state index contributed by atoms with van der Waals surface area (Å²) in [6.07, 6.45) is 5.15. The Morgan fingerprint density at radius 3 is 2.67 bits per heavy atom. The second kappa shape index (κ2) is 8.02. The van der Waals surface area contributed by atoms with Gasteiger partial charge in [-0.3, -0.25) is 4.90 Å². The molecular weight excluding hydrogens is 284 g/mol. The van der Waals surface area contributed by atoms with Crippen LogP contribution in [0.3, 0.4) is 0 Å². The van der Waals surface area contributed by atoms with E-state index in [1.807, 2.05) is 18.2 Å². The van der Waals surface area contributed by atoms with Gasteiger partial charge in [0, 0.05) is 17.1 Å². The normalized spacial score (nSPS) is 18.7. The lowest BCUT2D eigenvalue weighted by atomic mass is 9.90. The summed E-state index contributed by atoms with van der Waals surface area (Å²) in [6, 6.07) is 5.96. The number of nitrogens with two attached hydrogens (primary N) is 1. The maximum Gasteiger partial charge on any atom is 0.125 e. The lowest BCUT2D eigenvalue weighted by Crippen LogP contribution is -2.40. The minimum absolute atomic E-state index is 0.149. The number of ether oxygens (including phenoxy) is 1. The molecule has 0 bridgehead atoms. The summed E-state index contributed by atoms with van der Waals surface area (Å²) in [5.41, 5.74) is 7.11. The van der Waals surface area contributed by atoms with Gasteiger partial charge in [-0.2, -0.15) is 0 Å². The maximum absolute atomic E-state index is 6.42. The average molecular weight is 311 g/mol. The largest absolute Gasteiger partial charge is 0.496 e. The first kappa shape index (κ1) is 16.6. The smallest absolute Gasteiger partial charge is 0.125 e. The first-order valence-electron chi connectivity index (χ1n) is 7.97. The highest BCUT2D eigenvalue weighted by molar-refractivity contribution is 6.31. The van der Waals surface area contributed by atoms with E-state index < -0.39 is 0 Å². The van der Waals surface area contributed by atoms with Crippen LogP contribution in [0.15, 0.2) is 18.2 Å². The van der Waals surface area contributed by atoms with E-state index in [1.54, 1.807) is 7.11 Å². The summed E-state index contributed by atoms with van der Waals surface area (Å²) in [7, 11) is 1.69. The highest BCUT2D eigenvalue weighted by Crippen LogP contribution is 2.37. The summed E-state index contributed by atoms with van der Waals surface area (Å²) in [5.74, 6) is 1.71. The fourth-order valence-corrected chi connectivity index (χ4v) is 3.72. The molecule has 0 aliphatic carbocycles. The topological polar surface area (TPSA) is 38.5 Å².